The summed E-state index contributed by atoms with van der Waals surface area (Å²) in [7, 11) is 0. The summed E-state index contributed by atoms with van der Waals surface area (Å²) in [5, 5.41) is 2.57. The van der Waals surface area contributed by atoms with Gasteiger partial charge in [0.1, 0.15) is 5.75 Å². The Morgan fingerprint density at radius 1 is 1.50 bits per heavy atom. The van der Waals surface area contributed by atoms with Gasteiger partial charge in [0.2, 0.25) is 5.91 Å². The van der Waals surface area contributed by atoms with Gasteiger partial charge in [0.15, 0.2) is 0 Å². The van der Waals surface area contributed by atoms with Gasteiger partial charge < -0.3 is 15.8 Å². The van der Waals surface area contributed by atoms with Gasteiger partial charge in [-0.2, -0.15) is 8.78 Å². The van der Waals surface area contributed by atoms with Gasteiger partial charge in [-0.3, -0.25) is 4.79 Å². The van der Waals surface area contributed by atoms with E-state index < -0.39 is 12.7 Å². The zero-order valence-corrected chi connectivity index (χ0v) is 12.0. The van der Waals surface area contributed by atoms with E-state index in [1.807, 2.05) is 13.8 Å². The second-order valence-electron chi connectivity index (χ2n) is 4.42. The molecule has 0 radical (unpaired) electrons. The molecule has 1 unspecified atom stereocenters. The molecule has 0 fully saturated rings. The molecule has 0 saturated heterocycles. The number of carbonyl (C=O) groups excluding carboxylic acids is 1. The SMILES string of the molecule is CCC(C)[C@H](N)C(=O)Nc1ccc(OC(F)F)c(Cl)c1. The van der Waals surface area contributed by atoms with E-state index in [1.54, 1.807) is 0 Å². The smallest absolute Gasteiger partial charge is 0.387 e. The predicted octanol–water partition coefficient (Wildman–Crippen LogP) is 3.25. The third-order valence-corrected chi connectivity index (χ3v) is 3.27. The Balaban J connectivity index is 2.74. The maximum absolute atomic E-state index is 12.1. The van der Waals surface area contributed by atoms with Crippen LogP contribution in [0.25, 0.3) is 0 Å². The minimum atomic E-state index is -2.95. The number of alkyl halides is 2. The number of nitrogens with two attached hydrogens (primary N) is 1. The van der Waals surface area contributed by atoms with Crippen molar-refractivity contribution in [3.8, 4) is 5.75 Å². The van der Waals surface area contributed by atoms with Gasteiger partial charge in [0.25, 0.3) is 0 Å². The number of halogens is 3. The van der Waals surface area contributed by atoms with Crippen molar-refractivity contribution in [3.05, 3.63) is 23.2 Å². The molecule has 0 aliphatic heterocycles. The molecule has 2 atom stereocenters. The van der Waals surface area contributed by atoms with E-state index in [4.69, 9.17) is 17.3 Å². The van der Waals surface area contributed by atoms with Crippen molar-refractivity contribution in [2.45, 2.75) is 32.9 Å². The van der Waals surface area contributed by atoms with Crippen molar-refractivity contribution in [3.63, 3.8) is 0 Å². The fraction of sp³-hybridized carbons (Fsp3) is 0.462. The predicted molar refractivity (Wildman–Crippen MR) is 74.1 cm³/mol. The van der Waals surface area contributed by atoms with Crippen molar-refractivity contribution in [1.82, 2.24) is 0 Å². The molecule has 0 aliphatic rings. The van der Waals surface area contributed by atoms with Gasteiger partial charge in [-0.05, 0) is 24.1 Å². The summed E-state index contributed by atoms with van der Waals surface area (Å²) in [6.07, 6.45) is 0.774. The number of amides is 1. The van der Waals surface area contributed by atoms with E-state index in [-0.39, 0.29) is 22.6 Å². The van der Waals surface area contributed by atoms with Crippen molar-refractivity contribution in [2.24, 2.45) is 11.7 Å². The highest BCUT2D eigenvalue weighted by molar-refractivity contribution is 6.32. The third kappa shape index (κ3) is 4.61. The quantitative estimate of drug-likeness (QED) is 0.848. The van der Waals surface area contributed by atoms with Crippen LogP contribution in [0.5, 0.6) is 5.75 Å². The van der Waals surface area contributed by atoms with Crippen LogP contribution in [0.1, 0.15) is 20.3 Å². The molecule has 0 aromatic heterocycles. The first-order chi connectivity index (χ1) is 9.35. The molecular formula is C13H17ClF2N2O2. The van der Waals surface area contributed by atoms with Crippen molar-refractivity contribution >= 4 is 23.2 Å². The Bertz CT molecular complexity index is 472. The van der Waals surface area contributed by atoms with Crippen molar-refractivity contribution in [1.29, 1.82) is 0 Å². The zero-order chi connectivity index (χ0) is 15.3. The van der Waals surface area contributed by atoms with Gasteiger partial charge in [-0.25, -0.2) is 0 Å². The highest BCUT2D eigenvalue weighted by atomic mass is 35.5. The number of hydrogen-bond acceptors (Lipinski definition) is 3. The molecule has 0 saturated carbocycles. The molecular weight excluding hydrogens is 290 g/mol. The summed E-state index contributed by atoms with van der Waals surface area (Å²) < 4.78 is 28.4. The van der Waals surface area contributed by atoms with Crippen molar-refractivity contribution in [2.75, 3.05) is 5.32 Å². The lowest BCUT2D eigenvalue weighted by Gasteiger charge is -2.18. The number of benzene rings is 1. The maximum Gasteiger partial charge on any atom is 0.387 e. The molecule has 0 bridgehead atoms. The Kier molecular flexibility index (Phi) is 6.16. The number of hydrogen-bond donors (Lipinski definition) is 2. The average molecular weight is 307 g/mol. The third-order valence-electron chi connectivity index (χ3n) is 2.98. The Hall–Kier alpha value is -1.40. The van der Waals surface area contributed by atoms with Crippen LogP contribution < -0.4 is 15.8 Å². The first kappa shape index (κ1) is 16.7. The maximum atomic E-state index is 12.1. The van der Waals surface area contributed by atoms with E-state index in [9.17, 15) is 13.6 Å². The summed E-state index contributed by atoms with van der Waals surface area (Å²) in [4.78, 5) is 11.9. The summed E-state index contributed by atoms with van der Waals surface area (Å²) in [6.45, 7) is 0.855. The first-order valence-electron chi connectivity index (χ1n) is 6.16. The molecule has 3 N–H and O–H groups in total. The fourth-order valence-corrected chi connectivity index (χ4v) is 1.73. The van der Waals surface area contributed by atoms with Crippen LogP contribution in [0.2, 0.25) is 5.02 Å². The lowest BCUT2D eigenvalue weighted by molar-refractivity contribution is -0.118. The van der Waals surface area contributed by atoms with Gasteiger partial charge in [0, 0.05) is 5.69 Å². The van der Waals surface area contributed by atoms with Gasteiger partial charge in [-0.15, -0.1) is 0 Å². The normalized spacial score (nSPS) is 13.9. The topological polar surface area (TPSA) is 64.4 Å². The summed E-state index contributed by atoms with van der Waals surface area (Å²) in [6, 6.07) is 3.38. The largest absolute Gasteiger partial charge is 0.433 e. The standard InChI is InChI=1S/C13H17ClF2N2O2/c1-3-7(2)11(17)12(19)18-8-4-5-10(9(14)6-8)20-13(15)16/h4-7,11,13H,3,17H2,1-2H3,(H,18,19)/t7?,11-/m0/s1. The lowest BCUT2D eigenvalue weighted by Crippen LogP contribution is -2.40. The summed E-state index contributed by atoms with van der Waals surface area (Å²) in [5.41, 5.74) is 6.16. The van der Waals surface area contributed by atoms with E-state index in [2.05, 4.69) is 10.1 Å². The molecule has 1 aromatic rings. The lowest BCUT2D eigenvalue weighted by atomic mass is 9.99. The van der Waals surface area contributed by atoms with Gasteiger partial charge in [0.05, 0.1) is 11.1 Å². The molecule has 4 nitrogen and oxygen atoms in total. The number of nitrogens with one attached hydrogen (secondary N) is 1. The van der Waals surface area contributed by atoms with Crippen LogP contribution in [0.4, 0.5) is 14.5 Å². The second kappa shape index (κ2) is 7.40. The molecule has 7 heteroatoms. The molecule has 1 amide bonds. The highest BCUT2D eigenvalue weighted by Crippen LogP contribution is 2.29. The average Bonchev–Trinajstić information content (AvgIpc) is 2.39. The van der Waals surface area contributed by atoms with Crippen LogP contribution in [0, 0.1) is 5.92 Å². The molecule has 0 aliphatic carbocycles. The minimum Gasteiger partial charge on any atom is -0.433 e. The number of rotatable bonds is 6. The van der Waals surface area contributed by atoms with Crippen LogP contribution in [-0.4, -0.2) is 18.6 Å². The van der Waals surface area contributed by atoms with Crippen LogP contribution in [-0.2, 0) is 4.79 Å². The molecule has 1 rings (SSSR count). The molecule has 20 heavy (non-hydrogen) atoms. The van der Waals surface area contributed by atoms with Gasteiger partial charge >= 0.3 is 6.61 Å². The fourth-order valence-electron chi connectivity index (χ4n) is 1.51. The first-order valence-corrected chi connectivity index (χ1v) is 6.53. The monoisotopic (exact) mass is 306 g/mol. The highest BCUT2D eigenvalue weighted by Gasteiger charge is 2.19. The number of ether oxygens (including phenoxy) is 1. The molecule has 112 valence electrons. The zero-order valence-electron chi connectivity index (χ0n) is 11.2. The van der Waals surface area contributed by atoms with Crippen LogP contribution >= 0.6 is 11.6 Å². The van der Waals surface area contributed by atoms with Crippen LogP contribution in [0.3, 0.4) is 0 Å². The molecule has 0 spiro atoms. The van der Waals surface area contributed by atoms with E-state index in [0.717, 1.165) is 6.42 Å². The van der Waals surface area contributed by atoms with Crippen LogP contribution in [0.15, 0.2) is 18.2 Å². The number of carbonyl (C=O) groups is 1. The molecule has 1 aromatic carbocycles. The van der Waals surface area contributed by atoms with Crippen molar-refractivity contribution < 1.29 is 18.3 Å². The van der Waals surface area contributed by atoms with E-state index in [0.29, 0.717) is 5.69 Å². The van der Waals surface area contributed by atoms with E-state index in [1.165, 1.54) is 18.2 Å². The van der Waals surface area contributed by atoms with E-state index >= 15 is 0 Å². The Morgan fingerprint density at radius 3 is 2.65 bits per heavy atom. The Labute approximate surface area is 121 Å². The summed E-state index contributed by atoms with van der Waals surface area (Å²) in [5.74, 6) is -0.462. The number of anilines is 1. The van der Waals surface area contributed by atoms with Gasteiger partial charge in [-0.1, -0.05) is 31.9 Å². The second-order valence-corrected chi connectivity index (χ2v) is 4.83. The Morgan fingerprint density at radius 2 is 2.15 bits per heavy atom. The minimum absolute atomic E-state index is 0.0137. The summed E-state index contributed by atoms with van der Waals surface area (Å²) >= 11 is 5.79. The molecule has 0 heterocycles.